The number of anilines is 2. The van der Waals surface area contributed by atoms with Gasteiger partial charge in [0, 0.05) is 18.9 Å². The van der Waals surface area contributed by atoms with E-state index < -0.39 is 17.1 Å². The fourth-order valence-corrected chi connectivity index (χ4v) is 2.73. The Morgan fingerprint density at radius 3 is 2.44 bits per heavy atom. The van der Waals surface area contributed by atoms with E-state index >= 15 is 0 Å². The van der Waals surface area contributed by atoms with Crippen LogP contribution in [0.15, 0.2) is 42.9 Å². The Bertz CT molecular complexity index is 942. The predicted octanol–water partition coefficient (Wildman–Crippen LogP) is 3.96. The standard InChI is InChI=1S/C16H11F4N5OS/c17-10-3-1-9(2-4-10)7-23-13-12(21-5-6-22-13)14(26)25-11-8-24-15(27-11)16(18,19)20/h1-6,8H,7H2,(H,22,23)(H,25,26). The Morgan fingerprint density at radius 2 is 1.78 bits per heavy atom. The van der Waals surface area contributed by atoms with Crippen molar-refractivity contribution in [2.24, 2.45) is 0 Å². The van der Waals surface area contributed by atoms with E-state index in [1.807, 2.05) is 0 Å². The van der Waals surface area contributed by atoms with E-state index in [2.05, 4.69) is 25.6 Å². The molecule has 0 unspecified atom stereocenters. The smallest absolute Gasteiger partial charge is 0.364 e. The Balaban J connectivity index is 1.71. The lowest BCUT2D eigenvalue weighted by molar-refractivity contribution is -0.137. The highest BCUT2D eigenvalue weighted by Gasteiger charge is 2.34. The molecule has 0 aliphatic heterocycles. The summed E-state index contributed by atoms with van der Waals surface area (Å²) in [6, 6.07) is 5.72. The number of aromatic nitrogens is 3. The molecule has 2 heterocycles. The maximum atomic E-state index is 12.9. The monoisotopic (exact) mass is 397 g/mol. The molecule has 0 aliphatic carbocycles. The average molecular weight is 397 g/mol. The molecule has 0 atom stereocenters. The molecule has 0 spiro atoms. The van der Waals surface area contributed by atoms with E-state index in [0.717, 1.165) is 11.8 Å². The molecule has 3 rings (SSSR count). The molecule has 1 aromatic carbocycles. The number of rotatable bonds is 5. The molecular weight excluding hydrogens is 386 g/mol. The van der Waals surface area contributed by atoms with E-state index in [4.69, 9.17) is 0 Å². The third-order valence-corrected chi connectivity index (χ3v) is 4.23. The minimum atomic E-state index is -4.58. The molecule has 0 aliphatic rings. The van der Waals surface area contributed by atoms with E-state index in [1.54, 1.807) is 12.1 Å². The van der Waals surface area contributed by atoms with Gasteiger partial charge in [-0.05, 0) is 17.7 Å². The SMILES string of the molecule is O=C(Nc1cnc(C(F)(F)F)s1)c1nccnc1NCc1ccc(F)cc1. The molecule has 2 N–H and O–H groups in total. The molecule has 27 heavy (non-hydrogen) atoms. The van der Waals surface area contributed by atoms with E-state index in [0.29, 0.717) is 11.3 Å². The number of hydrogen-bond acceptors (Lipinski definition) is 6. The van der Waals surface area contributed by atoms with Crippen LogP contribution < -0.4 is 10.6 Å². The van der Waals surface area contributed by atoms with Gasteiger partial charge < -0.3 is 10.6 Å². The van der Waals surface area contributed by atoms with Crippen molar-refractivity contribution < 1.29 is 22.4 Å². The maximum Gasteiger partial charge on any atom is 0.443 e. The van der Waals surface area contributed by atoms with Gasteiger partial charge in [0.2, 0.25) is 0 Å². The zero-order valence-electron chi connectivity index (χ0n) is 13.4. The second kappa shape index (κ2) is 7.66. The van der Waals surface area contributed by atoms with Crippen molar-refractivity contribution in [2.45, 2.75) is 12.7 Å². The van der Waals surface area contributed by atoms with Gasteiger partial charge in [0.25, 0.3) is 5.91 Å². The predicted molar refractivity (Wildman–Crippen MR) is 90.8 cm³/mol. The van der Waals surface area contributed by atoms with Crippen LogP contribution in [0.5, 0.6) is 0 Å². The molecule has 11 heteroatoms. The third-order valence-electron chi connectivity index (χ3n) is 3.27. The van der Waals surface area contributed by atoms with Crippen molar-refractivity contribution in [3.05, 3.63) is 64.9 Å². The van der Waals surface area contributed by atoms with E-state index in [9.17, 15) is 22.4 Å². The van der Waals surface area contributed by atoms with E-state index in [-0.39, 0.29) is 28.9 Å². The summed E-state index contributed by atoms with van der Waals surface area (Å²) < 4.78 is 50.7. The highest BCUT2D eigenvalue weighted by Crippen LogP contribution is 2.34. The molecule has 2 aromatic heterocycles. The average Bonchev–Trinajstić information content (AvgIpc) is 3.10. The Labute approximate surface area is 154 Å². The van der Waals surface area contributed by atoms with Gasteiger partial charge in [0.05, 0.1) is 6.20 Å². The molecule has 3 aromatic rings. The zero-order valence-corrected chi connectivity index (χ0v) is 14.2. The van der Waals surface area contributed by atoms with Crippen molar-refractivity contribution in [3.63, 3.8) is 0 Å². The molecule has 0 saturated heterocycles. The zero-order chi connectivity index (χ0) is 19.4. The number of alkyl halides is 3. The summed E-state index contributed by atoms with van der Waals surface area (Å²) in [6.45, 7) is 0.248. The Kier molecular flexibility index (Phi) is 5.31. The molecule has 0 saturated carbocycles. The maximum absolute atomic E-state index is 12.9. The van der Waals surface area contributed by atoms with Gasteiger partial charge in [-0.3, -0.25) is 4.79 Å². The lowest BCUT2D eigenvalue weighted by atomic mass is 10.2. The Hall–Kier alpha value is -3.08. The number of nitrogens with one attached hydrogen (secondary N) is 2. The number of nitrogens with zero attached hydrogens (tertiary/aromatic N) is 3. The second-order valence-electron chi connectivity index (χ2n) is 5.22. The number of thiazole rings is 1. The summed E-state index contributed by atoms with van der Waals surface area (Å²) in [4.78, 5) is 23.5. The number of hydrogen-bond donors (Lipinski definition) is 2. The van der Waals surface area contributed by atoms with Gasteiger partial charge >= 0.3 is 6.18 Å². The van der Waals surface area contributed by atoms with Crippen molar-refractivity contribution in [2.75, 3.05) is 10.6 Å². The second-order valence-corrected chi connectivity index (χ2v) is 6.25. The molecular formula is C16H11F4N5OS. The van der Waals surface area contributed by atoms with Gasteiger partial charge in [0.1, 0.15) is 10.8 Å². The molecule has 6 nitrogen and oxygen atoms in total. The van der Waals surface area contributed by atoms with Crippen molar-refractivity contribution in [1.82, 2.24) is 15.0 Å². The minimum absolute atomic E-state index is 0.0672. The third kappa shape index (κ3) is 4.76. The number of carbonyl (C=O) groups is 1. The summed E-state index contributed by atoms with van der Waals surface area (Å²) in [5, 5.41) is 4.09. The van der Waals surface area contributed by atoms with Gasteiger partial charge in [-0.25, -0.2) is 19.3 Å². The first-order valence-corrected chi connectivity index (χ1v) is 8.28. The van der Waals surface area contributed by atoms with Crippen molar-refractivity contribution in [1.29, 1.82) is 0 Å². The minimum Gasteiger partial charge on any atom is -0.364 e. The number of amides is 1. The molecule has 0 bridgehead atoms. The fourth-order valence-electron chi connectivity index (χ4n) is 2.06. The van der Waals surface area contributed by atoms with Crippen LogP contribution in [-0.4, -0.2) is 20.9 Å². The molecule has 0 fully saturated rings. The highest BCUT2D eigenvalue weighted by molar-refractivity contribution is 7.16. The number of benzene rings is 1. The summed E-state index contributed by atoms with van der Waals surface area (Å²) in [5.74, 6) is -0.969. The van der Waals surface area contributed by atoms with Crippen LogP contribution in [0.3, 0.4) is 0 Å². The van der Waals surface area contributed by atoms with Crippen LogP contribution in [0.25, 0.3) is 0 Å². The van der Waals surface area contributed by atoms with Crippen LogP contribution in [0.1, 0.15) is 21.1 Å². The first-order valence-electron chi connectivity index (χ1n) is 7.46. The lowest BCUT2D eigenvalue weighted by Gasteiger charge is -2.09. The van der Waals surface area contributed by atoms with Crippen molar-refractivity contribution >= 4 is 28.1 Å². The van der Waals surface area contributed by atoms with Gasteiger partial charge in [-0.2, -0.15) is 13.2 Å². The molecule has 0 radical (unpaired) electrons. The summed E-state index contributed by atoms with van der Waals surface area (Å²) >= 11 is 0.308. The van der Waals surface area contributed by atoms with Gasteiger partial charge in [0.15, 0.2) is 16.5 Å². The molecule has 140 valence electrons. The normalized spacial score (nSPS) is 11.3. The largest absolute Gasteiger partial charge is 0.443 e. The van der Waals surface area contributed by atoms with Crippen LogP contribution in [0.4, 0.5) is 28.4 Å². The first-order chi connectivity index (χ1) is 12.8. The van der Waals surface area contributed by atoms with Gasteiger partial charge in [-0.1, -0.05) is 23.5 Å². The fraction of sp³-hybridized carbons (Fsp3) is 0.125. The number of carbonyl (C=O) groups excluding carboxylic acids is 1. The highest BCUT2D eigenvalue weighted by atomic mass is 32.1. The summed E-state index contributed by atoms with van der Waals surface area (Å²) in [6.07, 6.45) is -1.01. The summed E-state index contributed by atoms with van der Waals surface area (Å²) in [7, 11) is 0. The van der Waals surface area contributed by atoms with Gasteiger partial charge in [-0.15, -0.1) is 0 Å². The van der Waals surface area contributed by atoms with Crippen LogP contribution in [0.2, 0.25) is 0 Å². The quantitative estimate of drug-likeness (QED) is 0.637. The van der Waals surface area contributed by atoms with Crippen LogP contribution in [0, 0.1) is 5.82 Å². The van der Waals surface area contributed by atoms with Crippen molar-refractivity contribution in [3.8, 4) is 0 Å². The first kappa shape index (κ1) is 18.7. The molecule has 1 amide bonds. The summed E-state index contributed by atoms with van der Waals surface area (Å²) in [5.41, 5.74) is 0.646. The lowest BCUT2D eigenvalue weighted by Crippen LogP contribution is -2.17. The van der Waals surface area contributed by atoms with Crippen LogP contribution in [-0.2, 0) is 12.7 Å². The number of halogens is 4. The van der Waals surface area contributed by atoms with E-state index in [1.165, 1.54) is 24.5 Å². The topological polar surface area (TPSA) is 79.8 Å². The van der Waals surface area contributed by atoms with Crippen LogP contribution >= 0.6 is 11.3 Å². The Morgan fingerprint density at radius 1 is 1.07 bits per heavy atom.